The third-order valence-electron chi connectivity index (χ3n) is 5.52. The molecule has 31 heavy (non-hydrogen) atoms. The second kappa shape index (κ2) is 9.66. The Balaban J connectivity index is 1.30. The highest BCUT2D eigenvalue weighted by atomic mass is 16.5. The number of nitrogens with zero attached hydrogens (tertiary/aromatic N) is 3. The predicted octanol–water partition coefficient (Wildman–Crippen LogP) is 3.50. The summed E-state index contributed by atoms with van der Waals surface area (Å²) in [6, 6.07) is 17.3. The van der Waals surface area contributed by atoms with Gasteiger partial charge in [-0.05, 0) is 31.2 Å². The molecule has 0 atom stereocenters. The zero-order valence-corrected chi connectivity index (χ0v) is 17.9. The van der Waals surface area contributed by atoms with E-state index in [0.717, 1.165) is 36.7 Å². The van der Waals surface area contributed by atoms with E-state index < -0.39 is 0 Å². The Bertz CT molecular complexity index is 993. The Morgan fingerprint density at radius 1 is 1.00 bits per heavy atom. The molecule has 1 aliphatic rings. The lowest BCUT2D eigenvalue weighted by atomic mass is 10.0. The average Bonchev–Trinajstić information content (AvgIpc) is 3.21. The lowest BCUT2D eigenvalue weighted by Gasteiger charge is -2.34. The van der Waals surface area contributed by atoms with Crippen LogP contribution in [0.5, 0.6) is 11.5 Å². The SMILES string of the molecule is COc1ccc(OCCN2CCN(C(=O)c3c(-c4ccccc4)noc3C)CC2)cc1. The van der Waals surface area contributed by atoms with Crippen molar-refractivity contribution in [3.05, 3.63) is 65.9 Å². The highest BCUT2D eigenvalue weighted by molar-refractivity contribution is 6.00. The predicted molar refractivity (Wildman–Crippen MR) is 118 cm³/mol. The van der Waals surface area contributed by atoms with Crippen molar-refractivity contribution >= 4 is 5.91 Å². The number of carbonyl (C=O) groups is 1. The van der Waals surface area contributed by atoms with Gasteiger partial charge in [0.05, 0.1) is 7.11 Å². The smallest absolute Gasteiger partial charge is 0.259 e. The van der Waals surface area contributed by atoms with Crippen LogP contribution in [-0.4, -0.2) is 67.3 Å². The van der Waals surface area contributed by atoms with E-state index in [1.54, 1.807) is 14.0 Å². The van der Waals surface area contributed by atoms with E-state index in [1.165, 1.54) is 0 Å². The summed E-state index contributed by atoms with van der Waals surface area (Å²) >= 11 is 0. The maximum atomic E-state index is 13.2. The molecule has 0 aliphatic carbocycles. The van der Waals surface area contributed by atoms with E-state index >= 15 is 0 Å². The largest absolute Gasteiger partial charge is 0.497 e. The van der Waals surface area contributed by atoms with Crippen LogP contribution in [0.4, 0.5) is 0 Å². The lowest BCUT2D eigenvalue weighted by molar-refractivity contribution is 0.0619. The fraction of sp³-hybridized carbons (Fsp3) is 0.333. The molecule has 0 spiro atoms. The minimum absolute atomic E-state index is 0.0215. The first-order valence-corrected chi connectivity index (χ1v) is 10.5. The second-order valence-corrected chi connectivity index (χ2v) is 7.49. The Morgan fingerprint density at radius 3 is 2.35 bits per heavy atom. The van der Waals surface area contributed by atoms with Crippen LogP contribution in [-0.2, 0) is 0 Å². The van der Waals surface area contributed by atoms with Gasteiger partial charge in [-0.15, -0.1) is 0 Å². The number of hydrogen-bond acceptors (Lipinski definition) is 6. The molecule has 1 fully saturated rings. The molecule has 7 nitrogen and oxygen atoms in total. The number of benzene rings is 2. The van der Waals surface area contributed by atoms with Crippen LogP contribution >= 0.6 is 0 Å². The van der Waals surface area contributed by atoms with Gasteiger partial charge in [0.2, 0.25) is 0 Å². The van der Waals surface area contributed by atoms with Gasteiger partial charge < -0.3 is 18.9 Å². The minimum atomic E-state index is -0.0215. The summed E-state index contributed by atoms with van der Waals surface area (Å²) in [5.74, 6) is 2.17. The molecule has 0 unspecified atom stereocenters. The topological polar surface area (TPSA) is 68.0 Å². The second-order valence-electron chi connectivity index (χ2n) is 7.49. The molecular weight excluding hydrogens is 394 g/mol. The molecule has 1 saturated heterocycles. The van der Waals surface area contributed by atoms with Crippen molar-refractivity contribution in [2.24, 2.45) is 0 Å². The number of aryl methyl sites for hydroxylation is 1. The molecule has 2 aromatic carbocycles. The molecule has 162 valence electrons. The van der Waals surface area contributed by atoms with Crippen molar-refractivity contribution in [3.63, 3.8) is 0 Å². The van der Waals surface area contributed by atoms with Crippen LogP contribution in [0.25, 0.3) is 11.3 Å². The van der Waals surface area contributed by atoms with Crippen LogP contribution in [0.15, 0.2) is 59.1 Å². The summed E-state index contributed by atoms with van der Waals surface area (Å²) in [5.41, 5.74) is 2.05. The van der Waals surface area contributed by atoms with Crippen LogP contribution in [0.1, 0.15) is 16.1 Å². The summed E-state index contributed by atoms with van der Waals surface area (Å²) < 4.78 is 16.3. The van der Waals surface area contributed by atoms with Crippen molar-refractivity contribution in [2.45, 2.75) is 6.92 Å². The zero-order valence-electron chi connectivity index (χ0n) is 17.9. The summed E-state index contributed by atoms with van der Waals surface area (Å²) in [5, 5.41) is 4.14. The molecule has 1 aliphatic heterocycles. The lowest BCUT2D eigenvalue weighted by Crippen LogP contribution is -2.49. The van der Waals surface area contributed by atoms with Crippen LogP contribution < -0.4 is 9.47 Å². The molecular formula is C24H27N3O4. The summed E-state index contributed by atoms with van der Waals surface area (Å²) in [4.78, 5) is 17.4. The molecule has 0 saturated carbocycles. The fourth-order valence-electron chi connectivity index (χ4n) is 3.71. The van der Waals surface area contributed by atoms with E-state index in [-0.39, 0.29) is 5.91 Å². The maximum Gasteiger partial charge on any atom is 0.259 e. The Hall–Kier alpha value is -3.32. The number of ether oxygens (including phenoxy) is 2. The molecule has 4 rings (SSSR count). The Kier molecular flexibility index (Phi) is 6.52. The number of hydrogen-bond donors (Lipinski definition) is 0. The molecule has 7 heteroatoms. The highest BCUT2D eigenvalue weighted by Crippen LogP contribution is 2.26. The monoisotopic (exact) mass is 421 g/mol. The van der Waals surface area contributed by atoms with Gasteiger partial charge in [-0.25, -0.2) is 0 Å². The van der Waals surface area contributed by atoms with Crippen LogP contribution in [0.3, 0.4) is 0 Å². The van der Waals surface area contributed by atoms with Gasteiger partial charge >= 0.3 is 0 Å². The van der Waals surface area contributed by atoms with Crippen molar-refractivity contribution in [1.82, 2.24) is 15.0 Å². The maximum absolute atomic E-state index is 13.2. The fourth-order valence-corrected chi connectivity index (χ4v) is 3.71. The first-order valence-electron chi connectivity index (χ1n) is 10.5. The molecule has 1 aromatic heterocycles. The third kappa shape index (κ3) is 4.88. The average molecular weight is 421 g/mol. The number of carbonyl (C=O) groups excluding carboxylic acids is 1. The Morgan fingerprint density at radius 2 is 1.68 bits per heavy atom. The molecule has 1 amide bonds. The molecule has 2 heterocycles. The number of amides is 1. The van der Waals surface area contributed by atoms with Gasteiger partial charge in [0.15, 0.2) is 0 Å². The van der Waals surface area contributed by atoms with E-state index in [2.05, 4.69) is 10.1 Å². The first kappa shape index (κ1) is 20.9. The van der Waals surface area contributed by atoms with Gasteiger partial charge in [0.25, 0.3) is 5.91 Å². The normalized spacial score (nSPS) is 14.5. The van der Waals surface area contributed by atoms with E-state index in [9.17, 15) is 4.79 Å². The van der Waals surface area contributed by atoms with Crippen LogP contribution in [0.2, 0.25) is 0 Å². The number of methoxy groups -OCH3 is 1. The van der Waals surface area contributed by atoms with E-state index in [0.29, 0.717) is 36.7 Å². The van der Waals surface area contributed by atoms with Gasteiger partial charge in [0, 0.05) is 38.3 Å². The Labute approximate surface area is 182 Å². The van der Waals surface area contributed by atoms with Gasteiger partial charge in [0.1, 0.15) is 35.1 Å². The van der Waals surface area contributed by atoms with Gasteiger partial charge in [-0.3, -0.25) is 9.69 Å². The molecule has 3 aromatic rings. The van der Waals surface area contributed by atoms with Crippen molar-refractivity contribution in [1.29, 1.82) is 0 Å². The van der Waals surface area contributed by atoms with Crippen molar-refractivity contribution < 1.29 is 18.8 Å². The van der Waals surface area contributed by atoms with Crippen molar-refractivity contribution in [3.8, 4) is 22.8 Å². The molecule has 0 radical (unpaired) electrons. The van der Waals surface area contributed by atoms with Gasteiger partial charge in [-0.1, -0.05) is 35.5 Å². The van der Waals surface area contributed by atoms with Gasteiger partial charge in [-0.2, -0.15) is 0 Å². The third-order valence-corrected chi connectivity index (χ3v) is 5.52. The van der Waals surface area contributed by atoms with E-state index in [4.69, 9.17) is 14.0 Å². The first-order chi connectivity index (χ1) is 15.2. The highest BCUT2D eigenvalue weighted by Gasteiger charge is 2.28. The number of rotatable bonds is 7. The standard InChI is InChI=1S/C24H27N3O4/c1-18-22(23(25-31-18)19-6-4-3-5-7-19)24(28)27-14-12-26(13-15-27)16-17-30-21-10-8-20(29-2)9-11-21/h3-11H,12-17H2,1-2H3. The summed E-state index contributed by atoms with van der Waals surface area (Å²) in [6.07, 6.45) is 0. The molecule has 0 N–H and O–H groups in total. The minimum Gasteiger partial charge on any atom is -0.497 e. The van der Waals surface area contributed by atoms with E-state index in [1.807, 2.05) is 59.5 Å². The zero-order chi connectivity index (χ0) is 21.6. The quantitative estimate of drug-likeness (QED) is 0.582. The van der Waals surface area contributed by atoms with Crippen molar-refractivity contribution in [2.75, 3.05) is 46.4 Å². The number of piperazine rings is 1. The molecule has 0 bridgehead atoms. The summed E-state index contributed by atoms with van der Waals surface area (Å²) in [6.45, 7) is 6.16. The number of aromatic nitrogens is 1. The summed E-state index contributed by atoms with van der Waals surface area (Å²) in [7, 11) is 1.65. The van der Waals surface area contributed by atoms with Crippen LogP contribution in [0, 0.1) is 6.92 Å².